The average Bonchev–Trinajstić information content (AvgIpc) is 2.49. The largest absolute Gasteiger partial charge is 0.468 e. The second-order valence-corrected chi connectivity index (χ2v) is 6.42. The highest BCUT2D eigenvalue weighted by molar-refractivity contribution is 5.74. The van der Waals surface area contributed by atoms with Crippen molar-refractivity contribution in [2.75, 3.05) is 19.7 Å². The molecule has 1 aromatic heterocycles. The molecule has 2 amide bonds. The maximum absolute atomic E-state index is 12.2. The summed E-state index contributed by atoms with van der Waals surface area (Å²) in [4.78, 5) is 17.7. The van der Waals surface area contributed by atoms with Crippen LogP contribution in [0.15, 0.2) is 18.3 Å². The van der Waals surface area contributed by atoms with Gasteiger partial charge in [-0.15, -0.1) is 0 Å². The number of alkyl halides is 3. The lowest BCUT2D eigenvalue weighted by molar-refractivity contribution is -0.154. The van der Waals surface area contributed by atoms with E-state index in [1.165, 1.54) is 12.3 Å². The second kappa shape index (κ2) is 7.72. The SMILES string of the molecule is CC1CC(C)CN(C(=O)NCc2ccnc(OCC(F)(F)F)c2)C1. The maximum atomic E-state index is 12.2. The number of pyridine rings is 1. The minimum absolute atomic E-state index is 0.112. The third kappa shape index (κ3) is 5.90. The summed E-state index contributed by atoms with van der Waals surface area (Å²) in [6.07, 6.45) is -1.94. The van der Waals surface area contributed by atoms with Crippen LogP contribution >= 0.6 is 0 Å². The summed E-state index contributed by atoms with van der Waals surface area (Å²) in [6, 6.07) is 2.86. The molecule has 1 aromatic rings. The third-order valence-corrected chi connectivity index (χ3v) is 3.78. The molecule has 0 radical (unpaired) electrons. The van der Waals surface area contributed by atoms with Crippen LogP contribution in [0.5, 0.6) is 5.88 Å². The van der Waals surface area contributed by atoms with E-state index in [4.69, 9.17) is 0 Å². The number of piperidine rings is 1. The molecule has 1 aliphatic heterocycles. The molecule has 2 atom stereocenters. The fourth-order valence-electron chi connectivity index (χ4n) is 2.91. The number of hydrogen-bond acceptors (Lipinski definition) is 3. The number of likely N-dealkylation sites (tertiary alicyclic amines) is 1. The van der Waals surface area contributed by atoms with Gasteiger partial charge in [-0.3, -0.25) is 0 Å². The first kappa shape index (κ1) is 18.4. The first-order valence-electron chi connectivity index (χ1n) is 7.90. The molecule has 2 unspecified atom stereocenters. The third-order valence-electron chi connectivity index (χ3n) is 3.78. The molecule has 1 N–H and O–H groups in total. The van der Waals surface area contributed by atoms with Gasteiger partial charge >= 0.3 is 12.2 Å². The normalized spacial score (nSPS) is 21.5. The Labute approximate surface area is 139 Å². The molecule has 0 aliphatic carbocycles. The first-order valence-corrected chi connectivity index (χ1v) is 7.90. The van der Waals surface area contributed by atoms with Crippen LogP contribution in [0.25, 0.3) is 0 Å². The summed E-state index contributed by atoms with van der Waals surface area (Å²) in [5.41, 5.74) is 0.633. The topological polar surface area (TPSA) is 54.5 Å². The van der Waals surface area contributed by atoms with Gasteiger partial charge in [0, 0.05) is 31.9 Å². The lowest BCUT2D eigenvalue weighted by atomic mass is 9.92. The van der Waals surface area contributed by atoms with Crippen molar-refractivity contribution in [3.8, 4) is 5.88 Å². The summed E-state index contributed by atoms with van der Waals surface area (Å²) >= 11 is 0. The van der Waals surface area contributed by atoms with Crippen LogP contribution in [0.3, 0.4) is 0 Å². The molecular weight excluding hydrogens is 323 g/mol. The Balaban J connectivity index is 1.86. The molecule has 8 heteroatoms. The highest BCUT2D eigenvalue weighted by Crippen LogP contribution is 2.21. The van der Waals surface area contributed by atoms with Crippen molar-refractivity contribution < 1.29 is 22.7 Å². The number of ether oxygens (including phenoxy) is 1. The monoisotopic (exact) mass is 345 g/mol. The van der Waals surface area contributed by atoms with Gasteiger partial charge in [0.25, 0.3) is 0 Å². The van der Waals surface area contributed by atoms with E-state index in [9.17, 15) is 18.0 Å². The predicted octanol–water partition coefficient (Wildman–Crippen LogP) is 3.21. The van der Waals surface area contributed by atoms with Crippen LogP contribution in [-0.2, 0) is 6.54 Å². The molecule has 2 rings (SSSR count). The van der Waals surface area contributed by atoms with Crippen LogP contribution < -0.4 is 10.1 Å². The predicted molar refractivity (Wildman–Crippen MR) is 82.5 cm³/mol. The molecule has 1 fully saturated rings. The molecule has 0 aromatic carbocycles. The van der Waals surface area contributed by atoms with Crippen molar-refractivity contribution in [3.05, 3.63) is 23.9 Å². The van der Waals surface area contributed by atoms with E-state index in [1.54, 1.807) is 11.0 Å². The minimum atomic E-state index is -4.41. The molecule has 0 saturated carbocycles. The average molecular weight is 345 g/mol. The molecule has 1 aliphatic rings. The summed E-state index contributed by atoms with van der Waals surface area (Å²) in [7, 11) is 0. The molecule has 2 heterocycles. The molecule has 0 bridgehead atoms. The van der Waals surface area contributed by atoms with Gasteiger partial charge in [-0.05, 0) is 29.9 Å². The highest BCUT2D eigenvalue weighted by Gasteiger charge is 2.28. The minimum Gasteiger partial charge on any atom is -0.468 e. The lowest BCUT2D eigenvalue weighted by Crippen LogP contribution is -2.47. The number of aromatic nitrogens is 1. The van der Waals surface area contributed by atoms with Crippen molar-refractivity contribution >= 4 is 6.03 Å². The maximum Gasteiger partial charge on any atom is 0.422 e. The van der Waals surface area contributed by atoms with E-state index in [0.29, 0.717) is 30.5 Å². The van der Waals surface area contributed by atoms with E-state index in [2.05, 4.69) is 28.9 Å². The number of nitrogens with one attached hydrogen (secondary N) is 1. The number of halogens is 3. The zero-order valence-corrected chi connectivity index (χ0v) is 13.8. The van der Waals surface area contributed by atoms with Crippen molar-refractivity contribution in [3.63, 3.8) is 0 Å². The van der Waals surface area contributed by atoms with Crippen LogP contribution in [0.2, 0.25) is 0 Å². The fourth-order valence-corrected chi connectivity index (χ4v) is 2.91. The van der Waals surface area contributed by atoms with E-state index in [-0.39, 0.29) is 18.5 Å². The number of amides is 2. The molecule has 24 heavy (non-hydrogen) atoms. The van der Waals surface area contributed by atoms with Crippen LogP contribution in [0.1, 0.15) is 25.8 Å². The number of carbonyl (C=O) groups is 1. The molecule has 134 valence electrons. The van der Waals surface area contributed by atoms with Gasteiger partial charge in [0.2, 0.25) is 5.88 Å². The second-order valence-electron chi connectivity index (χ2n) is 6.42. The van der Waals surface area contributed by atoms with Crippen molar-refractivity contribution in [2.24, 2.45) is 11.8 Å². The Hall–Kier alpha value is -1.99. The number of nitrogens with zero attached hydrogens (tertiary/aromatic N) is 2. The van der Waals surface area contributed by atoms with Gasteiger partial charge in [0.15, 0.2) is 6.61 Å². The number of hydrogen-bond donors (Lipinski definition) is 1. The van der Waals surface area contributed by atoms with Crippen LogP contribution in [-0.4, -0.2) is 41.8 Å². The molecule has 0 spiro atoms. The summed E-state index contributed by atoms with van der Waals surface area (Å²) in [5, 5.41) is 2.79. The summed E-state index contributed by atoms with van der Waals surface area (Å²) in [5.74, 6) is 0.810. The van der Waals surface area contributed by atoms with E-state index >= 15 is 0 Å². The highest BCUT2D eigenvalue weighted by atomic mass is 19.4. The van der Waals surface area contributed by atoms with Gasteiger partial charge in [-0.2, -0.15) is 13.2 Å². The number of carbonyl (C=O) groups excluding carboxylic acids is 1. The lowest BCUT2D eigenvalue weighted by Gasteiger charge is -2.34. The Morgan fingerprint density at radius 2 is 2.04 bits per heavy atom. The van der Waals surface area contributed by atoms with Gasteiger partial charge < -0.3 is 15.0 Å². The standard InChI is InChI=1S/C16H22F3N3O2/c1-11-5-12(2)9-22(8-11)15(23)21-7-13-3-4-20-14(6-13)24-10-16(17,18)19/h3-4,6,11-12H,5,7-10H2,1-2H3,(H,21,23). The van der Waals surface area contributed by atoms with Crippen molar-refractivity contribution in [1.29, 1.82) is 0 Å². The van der Waals surface area contributed by atoms with Crippen LogP contribution in [0.4, 0.5) is 18.0 Å². The quantitative estimate of drug-likeness (QED) is 0.912. The molecule has 5 nitrogen and oxygen atoms in total. The Kier molecular flexibility index (Phi) is 5.90. The van der Waals surface area contributed by atoms with Gasteiger partial charge in [0.05, 0.1) is 0 Å². The Bertz CT molecular complexity index is 556. The summed E-state index contributed by atoms with van der Waals surface area (Å²) < 4.78 is 41.1. The molecule has 1 saturated heterocycles. The Morgan fingerprint density at radius 1 is 1.38 bits per heavy atom. The molecular formula is C16H22F3N3O2. The Morgan fingerprint density at radius 3 is 2.67 bits per heavy atom. The summed E-state index contributed by atoms with van der Waals surface area (Å²) in [6.45, 7) is 4.48. The van der Waals surface area contributed by atoms with E-state index in [0.717, 1.165) is 6.42 Å². The van der Waals surface area contributed by atoms with Gasteiger partial charge in [0.1, 0.15) is 0 Å². The number of urea groups is 1. The van der Waals surface area contributed by atoms with Gasteiger partial charge in [-0.25, -0.2) is 9.78 Å². The first-order chi connectivity index (χ1) is 11.2. The van der Waals surface area contributed by atoms with E-state index in [1.807, 2.05) is 0 Å². The fraction of sp³-hybridized carbons (Fsp3) is 0.625. The van der Waals surface area contributed by atoms with Crippen LogP contribution in [0, 0.1) is 11.8 Å². The van der Waals surface area contributed by atoms with Crippen molar-refractivity contribution in [1.82, 2.24) is 15.2 Å². The van der Waals surface area contributed by atoms with Gasteiger partial charge in [-0.1, -0.05) is 13.8 Å². The smallest absolute Gasteiger partial charge is 0.422 e. The van der Waals surface area contributed by atoms with Crippen molar-refractivity contribution in [2.45, 2.75) is 33.0 Å². The number of rotatable bonds is 4. The zero-order valence-electron chi connectivity index (χ0n) is 13.8. The van der Waals surface area contributed by atoms with E-state index < -0.39 is 12.8 Å². The zero-order chi connectivity index (χ0) is 17.7.